The first-order valence-corrected chi connectivity index (χ1v) is 10.1. The zero-order valence-corrected chi connectivity index (χ0v) is 15.8. The molecule has 0 radical (unpaired) electrons. The highest BCUT2D eigenvalue weighted by molar-refractivity contribution is 7.92. The highest BCUT2D eigenvalue weighted by Crippen LogP contribution is 2.22. The van der Waals surface area contributed by atoms with E-state index in [1.807, 2.05) is 0 Å². The first kappa shape index (κ1) is 18.9. The van der Waals surface area contributed by atoms with E-state index in [2.05, 4.69) is 4.72 Å². The highest BCUT2D eigenvalue weighted by Gasteiger charge is 2.22. The fourth-order valence-corrected chi connectivity index (χ4v) is 4.02. The molecule has 1 fully saturated rings. The number of anilines is 1. The molecular weight excluding hydrogens is 366 g/mol. The molecule has 1 heterocycles. The Morgan fingerprint density at radius 2 is 1.70 bits per heavy atom. The standard InChI is InChI=1S/C19H21N3O4S/c1-15-7-8-16(19(24)22-11-9-21(14-23)10-12-22)13-18(15)20-27(25,26)17-5-3-2-4-6-17/h2-8,13-14,20H,9-12H2,1H3. The zero-order chi connectivity index (χ0) is 19.4. The molecule has 0 bridgehead atoms. The van der Waals surface area contributed by atoms with Gasteiger partial charge >= 0.3 is 0 Å². The quantitative estimate of drug-likeness (QED) is 0.792. The summed E-state index contributed by atoms with van der Waals surface area (Å²) in [5, 5.41) is 0. The number of benzene rings is 2. The fourth-order valence-electron chi connectivity index (χ4n) is 2.88. The molecule has 0 unspecified atom stereocenters. The summed E-state index contributed by atoms with van der Waals surface area (Å²) in [7, 11) is -3.73. The number of carbonyl (C=O) groups excluding carboxylic acids is 2. The topological polar surface area (TPSA) is 86.8 Å². The second kappa shape index (κ2) is 7.79. The maximum atomic E-state index is 12.7. The van der Waals surface area contributed by atoms with Crippen molar-refractivity contribution in [2.75, 3.05) is 30.9 Å². The smallest absolute Gasteiger partial charge is 0.261 e. The first-order valence-electron chi connectivity index (χ1n) is 8.58. The van der Waals surface area contributed by atoms with Crippen LogP contribution in [-0.4, -0.2) is 56.7 Å². The van der Waals surface area contributed by atoms with Crippen LogP contribution >= 0.6 is 0 Å². The maximum absolute atomic E-state index is 12.7. The van der Waals surface area contributed by atoms with Gasteiger partial charge in [-0.2, -0.15) is 0 Å². The van der Waals surface area contributed by atoms with Crippen molar-refractivity contribution in [3.8, 4) is 0 Å². The molecule has 0 aliphatic carbocycles. The molecule has 0 aromatic heterocycles. The number of sulfonamides is 1. The SMILES string of the molecule is Cc1ccc(C(=O)N2CCN(C=O)CC2)cc1NS(=O)(=O)c1ccccc1. The molecule has 0 atom stereocenters. The van der Waals surface area contributed by atoms with Crippen molar-refractivity contribution in [2.45, 2.75) is 11.8 Å². The lowest BCUT2D eigenvalue weighted by atomic mass is 10.1. The minimum atomic E-state index is -3.73. The third-order valence-electron chi connectivity index (χ3n) is 4.53. The minimum absolute atomic E-state index is 0.158. The largest absolute Gasteiger partial charge is 0.342 e. The molecule has 3 rings (SSSR count). The molecular formula is C19H21N3O4S. The monoisotopic (exact) mass is 387 g/mol. The van der Waals surface area contributed by atoms with E-state index >= 15 is 0 Å². The van der Waals surface area contributed by atoms with E-state index in [9.17, 15) is 18.0 Å². The van der Waals surface area contributed by atoms with Crippen LogP contribution in [0.1, 0.15) is 15.9 Å². The number of hydrogen-bond donors (Lipinski definition) is 1. The molecule has 1 aliphatic heterocycles. The number of hydrogen-bond acceptors (Lipinski definition) is 4. The summed E-state index contributed by atoms with van der Waals surface area (Å²) >= 11 is 0. The third kappa shape index (κ3) is 4.28. The average Bonchev–Trinajstić information content (AvgIpc) is 2.70. The van der Waals surface area contributed by atoms with E-state index in [4.69, 9.17) is 0 Å². The van der Waals surface area contributed by atoms with Gasteiger partial charge in [-0.25, -0.2) is 8.42 Å². The Bertz CT molecular complexity index is 937. The van der Waals surface area contributed by atoms with E-state index in [1.54, 1.807) is 53.1 Å². The normalized spacial score (nSPS) is 14.7. The molecule has 1 N–H and O–H groups in total. The summed E-state index contributed by atoms with van der Waals surface area (Å²) in [6.45, 7) is 3.68. The van der Waals surface area contributed by atoms with E-state index in [1.165, 1.54) is 12.1 Å². The summed E-state index contributed by atoms with van der Waals surface area (Å²) in [6, 6.07) is 13.0. The zero-order valence-electron chi connectivity index (χ0n) is 15.0. The van der Waals surface area contributed by atoms with E-state index < -0.39 is 10.0 Å². The number of aryl methyl sites for hydroxylation is 1. The van der Waals surface area contributed by atoms with Crippen molar-refractivity contribution in [3.63, 3.8) is 0 Å². The molecule has 27 heavy (non-hydrogen) atoms. The second-order valence-electron chi connectivity index (χ2n) is 6.38. The van der Waals surface area contributed by atoms with E-state index in [0.29, 0.717) is 37.4 Å². The van der Waals surface area contributed by atoms with Gasteiger partial charge < -0.3 is 9.80 Å². The van der Waals surface area contributed by atoms with Crippen LogP contribution in [0.3, 0.4) is 0 Å². The lowest BCUT2D eigenvalue weighted by Crippen LogP contribution is -2.48. The number of carbonyl (C=O) groups is 2. The number of piperazine rings is 1. The third-order valence-corrected chi connectivity index (χ3v) is 5.91. The van der Waals surface area contributed by atoms with Crippen molar-refractivity contribution in [3.05, 3.63) is 59.7 Å². The van der Waals surface area contributed by atoms with Gasteiger partial charge in [-0.15, -0.1) is 0 Å². The van der Waals surface area contributed by atoms with Gasteiger partial charge in [-0.1, -0.05) is 24.3 Å². The van der Waals surface area contributed by atoms with Crippen molar-refractivity contribution in [1.29, 1.82) is 0 Å². The lowest BCUT2D eigenvalue weighted by molar-refractivity contribution is -0.119. The molecule has 1 aliphatic rings. The van der Waals surface area contributed by atoms with Crippen LogP contribution in [0.15, 0.2) is 53.4 Å². The van der Waals surface area contributed by atoms with Gasteiger partial charge in [0.25, 0.3) is 15.9 Å². The molecule has 8 heteroatoms. The van der Waals surface area contributed by atoms with Crippen LogP contribution in [0.5, 0.6) is 0 Å². The van der Waals surface area contributed by atoms with Crippen LogP contribution < -0.4 is 4.72 Å². The molecule has 2 aromatic carbocycles. The van der Waals surface area contributed by atoms with Gasteiger partial charge in [-0.3, -0.25) is 14.3 Å². The average molecular weight is 387 g/mol. The van der Waals surface area contributed by atoms with Crippen LogP contribution in [-0.2, 0) is 14.8 Å². The Balaban J connectivity index is 1.80. The predicted octanol–water partition coefficient (Wildman–Crippen LogP) is 1.71. The van der Waals surface area contributed by atoms with Gasteiger partial charge in [0.1, 0.15) is 0 Å². The summed E-state index contributed by atoms with van der Waals surface area (Å²) in [5.41, 5.74) is 1.50. The van der Waals surface area contributed by atoms with Crippen LogP contribution in [0.25, 0.3) is 0 Å². The number of rotatable bonds is 5. The van der Waals surface area contributed by atoms with E-state index in [-0.39, 0.29) is 10.8 Å². The van der Waals surface area contributed by atoms with Crippen molar-refractivity contribution in [1.82, 2.24) is 9.80 Å². The molecule has 2 amide bonds. The summed E-state index contributed by atoms with van der Waals surface area (Å²) in [6.07, 6.45) is 0.782. The first-order chi connectivity index (χ1) is 12.9. The van der Waals surface area contributed by atoms with Crippen molar-refractivity contribution < 1.29 is 18.0 Å². The fraction of sp³-hybridized carbons (Fsp3) is 0.263. The molecule has 0 spiro atoms. The molecule has 7 nitrogen and oxygen atoms in total. The Morgan fingerprint density at radius 3 is 2.33 bits per heavy atom. The minimum Gasteiger partial charge on any atom is -0.342 e. The van der Waals surface area contributed by atoms with Gasteiger partial charge in [0, 0.05) is 31.7 Å². The van der Waals surface area contributed by atoms with Gasteiger partial charge in [-0.05, 0) is 36.8 Å². The Morgan fingerprint density at radius 1 is 1.04 bits per heavy atom. The Kier molecular flexibility index (Phi) is 5.46. The van der Waals surface area contributed by atoms with E-state index in [0.717, 1.165) is 12.0 Å². The maximum Gasteiger partial charge on any atom is 0.261 e. The number of nitrogens with zero attached hydrogens (tertiary/aromatic N) is 2. The Hall–Kier alpha value is -2.87. The highest BCUT2D eigenvalue weighted by atomic mass is 32.2. The molecule has 0 saturated carbocycles. The summed E-state index contributed by atoms with van der Waals surface area (Å²) < 4.78 is 27.7. The number of nitrogens with one attached hydrogen (secondary N) is 1. The van der Waals surface area contributed by atoms with Gasteiger partial charge in [0.2, 0.25) is 6.41 Å². The van der Waals surface area contributed by atoms with Crippen molar-refractivity contribution >= 4 is 28.0 Å². The van der Waals surface area contributed by atoms with Crippen LogP contribution in [0, 0.1) is 6.92 Å². The predicted molar refractivity (Wildman–Crippen MR) is 102 cm³/mol. The van der Waals surface area contributed by atoms with Gasteiger partial charge in [0.15, 0.2) is 0 Å². The summed E-state index contributed by atoms with van der Waals surface area (Å²) in [4.78, 5) is 27.0. The number of amides is 2. The summed E-state index contributed by atoms with van der Waals surface area (Å²) in [5.74, 6) is -0.180. The molecule has 142 valence electrons. The second-order valence-corrected chi connectivity index (χ2v) is 8.06. The van der Waals surface area contributed by atoms with Crippen LogP contribution in [0.2, 0.25) is 0 Å². The van der Waals surface area contributed by atoms with Crippen molar-refractivity contribution in [2.24, 2.45) is 0 Å². The molecule has 2 aromatic rings. The molecule has 1 saturated heterocycles. The van der Waals surface area contributed by atoms with Crippen LogP contribution in [0.4, 0.5) is 5.69 Å². The lowest BCUT2D eigenvalue weighted by Gasteiger charge is -2.32. The Labute approximate surface area is 158 Å². The van der Waals surface area contributed by atoms with Gasteiger partial charge in [0.05, 0.1) is 10.6 Å².